The minimum Gasteiger partial charge on any atom is -0.507 e. The third kappa shape index (κ3) is 5.34. The first-order valence-corrected chi connectivity index (χ1v) is 10.4. The molecule has 24 heavy (non-hydrogen) atoms. The van der Waals surface area contributed by atoms with E-state index in [1.54, 1.807) is 6.07 Å². The molecular weight excluding hydrogens is 323 g/mol. The summed E-state index contributed by atoms with van der Waals surface area (Å²) in [4.78, 5) is 19.1. The van der Waals surface area contributed by atoms with Crippen molar-refractivity contribution in [2.45, 2.75) is 84.7 Å². The predicted octanol–water partition coefficient (Wildman–Crippen LogP) is 5.01. The molecule has 0 unspecified atom stereocenters. The second-order valence-corrected chi connectivity index (χ2v) is 10.4. The molecule has 1 aromatic rings. The van der Waals surface area contributed by atoms with E-state index in [2.05, 4.69) is 6.92 Å². The molecule has 5 heteroatoms. The van der Waals surface area contributed by atoms with Gasteiger partial charge in [0.05, 0.1) is 6.16 Å². The topological polar surface area (TPSA) is 77.8 Å². The molecule has 1 aromatic carbocycles. The van der Waals surface area contributed by atoms with Gasteiger partial charge < -0.3 is 14.9 Å². The van der Waals surface area contributed by atoms with E-state index < -0.39 is 7.60 Å². The molecule has 0 heterocycles. The Bertz CT molecular complexity index is 630. The molecule has 0 saturated carbocycles. The van der Waals surface area contributed by atoms with Crippen molar-refractivity contribution in [2.75, 3.05) is 0 Å². The number of aromatic hydroxyl groups is 1. The van der Waals surface area contributed by atoms with E-state index in [-0.39, 0.29) is 22.7 Å². The Morgan fingerprint density at radius 3 is 1.96 bits per heavy atom. The van der Waals surface area contributed by atoms with Crippen LogP contribution >= 0.6 is 7.60 Å². The molecule has 4 nitrogen and oxygen atoms in total. The van der Waals surface area contributed by atoms with E-state index >= 15 is 0 Å². The first-order valence-electron chi connectivity index (χ1n) is 8.61. The molecule has 0 aliphatic carbocycles. The lowest BCUT2D eigenvalue weighted by Crippen LogP contribution is -2.21. The number of hydrogen-bond donors (Lipinski definition) is 3. The van der Waals surface area contributed by atoms with Crippen molar-refractivity contribution in [1.82, 2.24) is 0 Å². The molecule has 0 bridgehead atoms. The molecule has 138 valence electrons. The lowest BCUT2D eigenvalue weighted by atomic mass is 9.75. The van der Waals surface area contributed by atoms with E-state index in [4.69, 9.17) is 0 Å². The maximum Gasteiger partial charge on any atom is 0.329 e. The van der Waals surface area contributed by atoms with Crippen LogP contribution in [0.15, 0.2) is 6.07 Å². The van der Waals surface area contributed by atoms with Gasteiger partial charge in [-0.05, 0) is 40.4 Å². The van der Waals surface area contributed by atoms with Gasteiger partial charge in [0, 0.05) is 5.56 Å². The zero-order chi connectivity index (χ0) is 18.9. The van der Waals surface area contributed by atoms with Crippen molar-refractivity contribution < 1.29 is 19.5 Å². The fraction of sp³-hybridized carbons (Fsp3) is 0.684. The van der Waals surface area contributed by atoms with Crippen LogP contribution in [0.25, 0.3) is 0 Å². The Morgan fingerprint density at radius 2 is 1.58 bits per heavy atom. The molecule has 0 saturated heterocycles. The van der Waals surface area contributed by atoms with Crippen molar-refractivity contribution >= 4 is 7.60 Å². The van der Waals surface area contributed by atoms with Crippen LogP contribution in [-0.2, 0) is 28.0 Å². The van der Waals surface area contributed by atoms with Gasteiger partial charge in [0.25, 0.3) is 0 Å². The molecule has 1 rings (SSSR count). The van der Waals surface area contributed by atoms with Crippen molar-refractivity contribution in [3.05, 3.63) is 28.3 Å². The fourth-order valence-corrected chi connectivity index (χ4v) is 3.88. The van der Waals surface area contributed by atoms with Crippen molar-refractivity contribution in [2.24, 2.45) is 0 Å². The second-order valence-electron chi connectivity index (χ2n) is 8.71. The van der Waals surface area contributed by atoms with Crippen molar-refractivity contribution in [3.63, 3.8) is 0 Å². The highest BCUT2D eigenvalue weighted by Gasteiger charge is 2.31. The van der Waals surface area contributed by atoms with Crippen LogP contribution in [0, 0.1) is 0 Å². The molecule has 0 fully saturated rings. The van der Waals surface area contributed by atoms with Crippen molar-refractivity contribution in [1.29, 1.82) is 0 Å². The van der Waals surface area contributed by atoms with E-state index in [0.717, 1.165) is 36.0 Å². The third-order valence-electron chi connectivity index (χ3n) is 4.21. The molecule has 0 spiro atoms. The molecular formula is C19H33O4P. The van der Waals surface area contributed by atoms with Gasteiger partial charge in [-0.2, -0.15) is 0 Å². The molecule has 0 amide bonds. The van der Waals surface area contributed by atoms with Crippen LogP contribution in [0.4, 0.5) is 0 Å². The third-order valence-corrected chi connectivity index (χ3v) is 4.97. The van der Waals surface area contributed by atoms with Crippen LogP contribution < -0.4 is 0 Å². The van der Waals surface area contributed by atoms with Crippen LogP contribution in [0.3, 0.4) is 0 Å². The number of benzene rings is 1. The summed E-state index contributed by atoms with van der Waals surface area (Å²) < 4.78 is 11.7. The van der Waals surface area contributed by atoms with Crippen molar-refractivity contribution in [3.8, 4) is 5.75 Å². The van der Waals surface area contributed by atoms with E-state index in [9.17, 15) is 19.5 Å². The standard InChI is InChI=1S/C19H33O4P/c1-8-9-10-14-13(12-24(21,22)23)11-15(18(2,3)4)17(20)16(14)19(5,6)7/h11,20H,8-10,12H2,1-7H3,(H2,21,22,23). The van der Waals surface area contributed by atoms with Gasteiger partial charge >= 0.3 is 7.60 Å². The van der Waals surface area contributed by atoms with Gasteiger partial charge in [-0.25, -0.2) is 0 Å². The smallest absolute Gasteiger partial charge is 0.329 e. The summed E-state index contributed by atoms with van der Waals surface area (Å²) in [5.74, 6) is 0.274. The lowest BCUT2D eigenvalue weighted by molar-refractivity contribution is 0.370. The lowest BCUT2D eigenvalue weighted by Gasteiger charge is -2.31. The average molecular weight is 356 g/mol. The largest absolute Gasteiger partial charge is 0.507 e. The van der Waals surface area contributed by atoms with Gasteiger partial charge in [-0.15, -0.1) is 0 Å². The summed E-state index contributed by atoms with van der Waals surface area (Å²) in [5, 5.41) is 11.0. The number of unbranched alkanes of at least 4 members (excludes halogenated alkanes) is 1. The van der Waals surface area contributed by atoms with Gasteiger partial charge in [0.1, 0.15) is 5.75 Å². The fourth-order valence-electron chi connectivity index (χ4n) is 3.15. The zero-order valence-corrected chi connectivity index (χ0v) is 17.0. The Kier molecular flexibility index (Phi) is 6.36. The molecule has 3 N–H and O–H groups in total. The SMILES string of the molecule is CCCCc1c(CP(=O)(O)O)cc(C(C)(C)C)c(O)c1C(C)(C)C. The minimum absolute atomic E-state index is 0.274. The summed E-state index contributed by atoms with van der Waals surface area (Å²) in [7, 11) is -4.19. The first-order chi connectivity index (χ1) is 10.7. The average Bonchev–Trinajstić information content (AvgIpc) is 2.33. The number of hydrogen-bond acceptors (Lipinski definition) is 2. The quantitative estimate of drug-likeness (QED) is 0.648. The van der Waals surface area contributed by atoms with Gasteiger partial charge in [0.2, 0.25) is 0 Å². The van der Waals surface area contributed by atoms with E-state index in [1.165, 1.54) is 0 Å². The summed E-state index contributed by atoms with van der Waals surface area (Å²) in [5.41, 5.74) is 2.53. The molecule has 0 radical (unpaired) electrons. The normalized spacial score (nSPS) is 13.4. The van der Waals surface area contributed by atoms with Crippen LogP contribution in [0.5, 0.6) is 5.75 Å². The van der Waals surface area contributed by atoms with Crippen LogP contribution in [0.2, 0.25) is 0 Å². The summed E-state index contributed by atoms with van der Waals surface area (Å²) >= 11 is 0. The van der Waals surface area contributed by atoms with E-state index in [1.807, 2.05) is 41.5 Å². The highest BCUT2D eigenvalue weighted by Crippen LogP contribution is 2.47. The molecule has 0 aromatic heterocycles. The highest BCUT2D eigenvalue weighted by molar-refractivity contribution is 7.50. The maximum atomic E-state index is 11.7. The monoisotopic (exact) mass is 356 g/mol. The number of phenolic OH excluding ortho intramolecular Hbond substituents is 1. The Hall–Kier alpha value is -0.830. The summed E-state index contributed by atoms with van der Waals surface area (Å²) in [6, 6.07) is 1.80. The van der Waals surface area contributed by atoms with Crippen LogP contribution in [0.1, 0.15) is 83.6 Å². The van der Waals surface area contributed by atoms with E-state index in [0.29, 0.717) is 5.56 Å². The number of phenols is 1. The highest BCUT2D eigenvalue weighted by atomic mass is 31.2. The number of rotatable bonds is 5. The Labute approximate surface area is 146 Å². The molecule has 0 atom stereocenters. The minimum atomic E-state index is -4.19. The van der Waals surface area contributed by atoms with Gasteiger partial charge in [-0.3, -0.25) is 4.57 Å². The predicted molar refractivity (Wildman–Crippen MR) is 99.9 cm³/mol. The van der Waals surface area contributed by atoms with Gasteiger partial charge in [0.15, 0.2) is 0 Å². The zero-order valence-electron chi connectivity index (χ0n) is 16.1. The maximum absolute atomic E-state index is 11.7. The van der Waals surface area contributed by atoms with Crippen LogP contribution in [-0.4, -0.2) is 14.9 Å². The Morgan fingerprint density at radius 1 is 1.04 bits per heavy atom. The summed E-state index contributed by atoms with van der Waals surface area (Å²) in [6.45, 7) is 14.2. The first kappa shape index (κ1) is 21.2. The second kappa shape index (κ2) is 7.19. The Balaban J connectivity index is 3.80. The molecule has 0 aliphatic heterocycles. The summed E-state index contributed by atoms with van der Waals surface area (Å²) in [6.07, 6.45) is 2.35. The molecule has 0 aliphatic rings. The van der Waals surface area contributed by atoms with Gasteiger partial charge in [-0.1, -0.05) is 61.0 Å².